The SMILES string of the molecule is CCCCn1cnc(-c2ccccc2)cc1=O. The van der Waals surface area contributed by atoms with Crippen LogP contribution < -0.4 is 5.56 Å². The summed E-state index contributed by atoms with van der Waals surface area (Å²) in [6.45, 7) is 2.86. The summed E-state index contributed by atoms with van der Waals surface area (Å²) in [6.07, 6.45) is 3.72. The van der Waals surface area contributed by atoms with Crippen molar-refractivity contribution in [2.75, 3.05) is 0 Å². The van der Waals surface area contributed by atoms with Crippen LogP contribution in [0.4, 0.5) is 0 Å². The van der Waals surface area contributed by atoms with E-state index in [4.69, 9.17) is 0 Å². The Morgan fingerprint density at radius 3 is 2.65 bits per heavy atom. The van der Waals surface area contributed by atoms with E-state index in [1.807, 2.05) is 30.3 Å². The molecule has 2 rings (SSSR count). The van der Waals surface area contributed by atoms with Crippen molar-refractivity contribution in [1.82, 2.24) is 9.55 Å². The molecule has 0 spiro atoms. The zero-order valence-corrected chi connectivity index (χ0v) is 9.97. The molecule has 0 amide bonds. The molecule has 0 aliphatic heterocycles. The first-order valence-corrected chi connectivity index (χ1v) is 5.93. The Bertz CT molecular complexity index is 531. The number of hydrogen-bond donors (Lipinski definition) is 0. The Balaban J connectivity index is 2.28. The van der Waals surface area contributed by atoms with Gasteiger partial charge in [-0.25, -0.2) is 4.98 Å². The Morgan fingerprint density at radius 2 is 2.00 bits per heavy atom. The van der Waals surface area contributed by atoms with Crippen molar-refractivity contribution in [2.24, 2.45) is 0 Å². The average molecular weight is 228 g/mol. The van der Waals surface area contributed by atoms with Crippen molar-refractivity contribution >= 4 is 0 Å². The molecular formula is C14H16N2O. The average Bonchev–Trinajstić information content (AvgIpc) is 2.38. The summed E-state index contributed by atoms with van der Waals surface area (Å²) in [4.78, 5) is 16.2. The monoisotopic (exact) mass is 228 g/mol. The molecule has 0 saturated carbocycles. The summed E-state index contributed by atoms with van der Waals surface area (Å²) < 4.78 is 1.66. The van der Waals surface area contributed by atoms with Gasteiger partial charge in [0.05, 0.1) is 12.0 Å². The van der Waals surface area contributed by atoms with Crippen LogP contribution in [0.25, 0.3) is 11.3 Å². The van der Waals surface area contributed by atoms with Crippen molar-refractivity contribution in [1.29, 1.82) is 0 Å². The van der Waals surface area contributed by atoms with E-state index < -0.39 is 0 Å². The number of nitrogens with zero attached hydrogens (tertiary/aromatic N) is 2. The van der Waals surface area contributed by atoms with Crippen LogP contribution in [0, 0.1) is 0 Å². The molecule has 0 saturated heterocycles. The molecule has 0 aliphatic rings. The zero-order chi connectivity index (χ0) is 12.1. The molecule has 2 aromatic rings. The molecule has 0 N–H and O–H groups in total. The van der Waals surface area contributed by atoms with Crippen LogP contribution in [0.1, 0.15) is 19.8 Å². The predicted molar refractivity (Wildman–Crippen MR) is 68.8 cm³/mol. The lowest BCUT2D eigenvalue weighted by atomic mass is 10.1. The van der Waals surface area contributed by atoms with E-state index in [-0.39, 0.29) is 5.56 Å². The van der Waals surface area contributed by atoms with E-state index in [1.165, 1.54) is 0 Å². The van der Waals surface area contributed by atoms with Crippen LogP contribution in [0.5, 0.6) is 0 Å². The van der Waals surface area contributed by atoms with E-state index in [0.717, 1.165) is 30.6 Å². The molecule has 0 aliphatic carbocycles. The maximum Gasteiger partial charge on any atom is 0.253 e. The molecule has 88 valence electrons. The molecule has 0 bridgehead atoms. The van der Waals surface area contributed by atoms with Gasteiger partial charge in [-0.15, -0.1) is 0 Å². The molecule has 1 aromatic heterocycles. The van der Waals surface area contributed by atoms with Gasteiger partial charge in [-0.3, -0.25) is 9.36 Å². The fourth-order valence-electron chi connectivity index (χ4n) is 1.69. The Hall–Kier alpha value is -1.90. The van der Waals surface area contributed by atoms with Gasteiger partial charge in [0.1, 0.15) is 0 Å². The quantitative estimate of drug-likeness (QED) is 0.806. The first-order chi connectivity index (χ1) is 8.31. The molecular weight excluding hydrogens is 212 g/mol. The fraction of sp³-hybridized carbons (Fsp3) is 0.286. The molecule has 0 unspecified atom stereocenters. The Kier molecular flexibility index (Phi) is 3.70. The second kappa shape index (κ2) is 5.43. The molecule has 3 nitrogen and oxygen atoms in total. The topological polar surface area (TPSA) is 34.9 Å². The van der Waals surface area contributed by atoms with Gasteiger partial charge in [-0.05, 0) is 6.42 Å². The van der Waals surface area contributed by atoms with E-state index >= 15 is 0 Å². The predicted octanol–water partition coefficient (Wildman–Crippen LogP) is 2.71. The number of aromatic nitrogens is 2. The van der Waals surface area contributed by atoms with Crippen LogP contribution in [0.3, 0.4) is 0 Å². The molecule has 0 radical (unpaired) electrons. The second-order valence-corrected chi connectivity index (χ2v) is 4.03. The minimum absolute atomic E-state index is 0.0207. The summed E-state index contributed by atoms with van der Waals surface area (Å²) in [7, 11) is 0. The lowest BCUT2D eigenvalue weighted by molar-refractivity contribution is 0.604. The maximum atomic E-state index is 11.8. The normalized spacial score (nSPS) is 10.4. The van der Waals surface area contributed by atoms with Crippen LogP contribution in [0.2, 0.25) is 0 Å². The third-order valence-electron chi connectivity index (χ3n) is 2.70. The highest BCUT2D eigenvalue weighted by molar-refractivity contribution is 5.57. The first-order valence-electron chi connectivity index (χ1n) is 5.93. The van der Waals surface area contributed by atoms with Gasteiger partial charge < -0.3 is 0 Å². The number of hydrogen-bond acceptors (Lipinski definition) is 2. The van der Waals surface area contributed by atoms with E-state index in [9.17, 15) is 4.79 Å². The second-order valence-electron chi connectivity index (χ2n) is 4.03. The standard InChI is InChI=1S/C14H16N2O/c1-2-3-9-16-11-15-13(10-14(16)17)12-7-5-4-6-8-12/h4-8,10-11H,2-3,9H2,1H3. The maximum absolute atomic E-state index is 11.8. The summed E-state index contributed by atoms with van der Waals surface area (Å²) in [6, 6.07) is 11.4. The highest BCUT2D eigenvalue weighted by atomic mass is 16.1. The molecule has 1 aromatic carbocycles. The third-order valence-corrected chi connectivity index (χ3v) is 2.70. The van der Waals surface area contributed by atoms with E-state index in [1.54, 1.807) is 17.0 Å². The number of rotatable bonds is 4. The smallest absolute Gasteiger partial charge is 0.253 e. The van der Waals surface area contributed by atoms with Gasteiger partial charge in [0.25, 0.3) is 5.56 Å². The number of unbranched alkanes of at least 4 members (excludes halogenated alkanes) is 1. The molecule has 3 heteroatoms. The Morgan fingerprint density at radius 1 is 1.24 bits per heavy atom. The highest BCUT2D eigenvalue weighted by Gasteiger charge is 2.01. The van der Waals surface area contributed by atoms with Gasteiger partial charge in [0.15, 0.2) is 0 Å². The van der Waals surface area contributed by atoms with Gasteiger partial charge in [-0.1, -0.05) is 43.7 Å². The van der Waals surface area contributed by atoms with Gasteiger partial charge in [0, 0.05) is 18.2 Å². The molecule has 0 atom stereocenters. The summed E-state index contributed by atoms with van der Waals surface area (Å²) >= 11 is 0. The fourth-order valence-corrected chi connectivity index (χ4v) is 1.69. The zero-order valence-electron chi connectivity index (χ0n) is 9.97. The van der Waals surface area contributed by atoms with Crippen molar-refractivity contribution in [3.63, 3.8) is 0 Å². The van der Waals surface area contributed by atoms with Crippen molar-refractivity contribution in [3.8, 4) is 11.3 Å². The molecule has 1 heterocycles. The van der Waals surface area contributed by atoms with Crippen LogP contribution in [-0.2, 0) is 6.54 Å². The minimum atomic E-state index is 0.0207. The van der Waals surface area contributed by atoms with Crippen LogP contribution in [-0.4, -0.2) is 9.55 Å². The summed E-state index contributed by atoms with van der Waals surface area (Å²) in [5.74, 6) is 0. The van der Waals surface area contributed by atoms with E-state index in [2.05, 4.69) is 11.9 Å². The van der Waals surface area contributed by atoms with Gasteiger partial charge >= 0.3 is 0 Å². The Labute approximate surface area is 101 Å². The summed E-state index contributed by atoms with van der Waals surface area (Å²) in [5, 5.41) is 0. The van der Waals surface area contributed by atoms with Gasteiger partial charge in [-0.2, -0.15) is 0 Å². The van der Waals surface area contributed by atoms with Crippen molar-refractivity contribution in [3.05, 3.63) is 53.1 Å². The van der Waals surface area contributed by atoms with Crippen LogP contribution >= 0.6 is 0 Å². The van der Waals surface area contributed by atoms with Gasteiger partial charge in [0.2, 0.25) is 0 Å². The molecule has 0 fully saturated rings. The lowest BCUT2D eigenvalue weighted by Gasteiger charge is -2.05. The molecule has 17 heavy (non-hydrogen) atoms. The number of benzene rings is 1. The van der Waals surface area contributed by atoms with Crippen LogP contribution in [0.15, 0.2) is 47.5 Å². The van der Waals surface area contributed by atoms with Crippen molar-refractivity contribution < 1.29 is 0 Å². The first kappa shape index (κ1) is 11.6. The van der Waals surface area contributed by atoms with Crippen molar-refractivity contribution in [2.45, 2.75) is 26.3 Å². The highest BCUT2D eigenvalue weighted by Crippen LogP contribution is 2.13. The lowest BCUT2D eigenvalue weighted by Crippen LogP contribution is -2.19. The number of aryl methyl sites for hydroxylation is 1. The largest absolute Gasteiger partial charge is 0.299 e. The minimum Gasteiger partial charge on any atom is -0.299 e. The summed E-state index contributed by atoms with van der Waals surface area (Å²) in [5.41, 5.74) is 1.74. The van der Waals surface area contributed by atoms with E-state index in [0.29, 0.717) is 0 Å². The third kappa shape index (κ3) is 2.81.